The van der Waals surface area contributed by atoms with E-state index >= 15 is 0 Å². The molecule has 0 aliphatic carbocycles. The lowest BCUT2D eigenvalue weighted by Gasteiger charge is -2.14. The lowest BCUT2D eigenvalue weighted by Crippen LogP contribution is -2.34. The smallest absolute Gasteiger partial charge is 0.263 e. The number of aromatic nitrogens is 1. The van der Waals surface area contributed by atoms with Crippen LogP contribution in [0, 0.1) is 0 Å². The van der Waals surface area contributed by atoms with Crippen molar-refractivity contribution in [2.24, 2.45) is 0 Å². The van der Waals surface area contributed by atoms with Gasteiger partial charge in [0.15, 0.2) is 0 Å². The number of hydrogen-bond acceptors (Lipinski definition) is 5. The number of anilines is 1. The maximum absolute atomic E-state index is 12.1. The predicted octanol–water partition coefficient (Wildman–Crippen LogP) is 1.77. The summed E-state index contributed by atoms with van der Waals surface area (Å²) in [5, 5.41) is 12.9. The van der Waals surface area contributed by atoms with Crippen molar-refractivity contribution < 1.29 is 9.90 Å². The molecule has 5 nitrogen and oxygen atoms in total. The van der Waals surface area contributed by atoms with Crippen molar-refractivity contribution >= 4 is 33.1 Å². The summed E-state index contributed by atoms with van der Waals surface area (Å²) in [5.74, 6) is -0.214. The number of nitrogens with one attached hydrogen (secondary N) is 1. The molecule has 4 N–H and O–H groups in total. The molecule has 2 heterocycles. The van der Waals surface area contributed by atoms with Crippen LogP contribution in [0.2, 0.25) is 0 Å². The molecule has 0 fully saturated rings. The lowest BCUT2D eigenvalue weighted by molar-refractivity contribution is 0.0928. The first-order valence-corrected chi connectivity index (χ1v) is 6.92. The number of carbonyl (C=O) groups excluding carboxylic acids is 1. The highest BCUT2D eigenvalue weighted by Crippen LogP contribution is 2.31. The van der Waals surface area contributed by atoms with Crippen molar-refractivity contribution in [1.29, 1.82) is 0 Å². The molecular weight excluding hydrogens is 262 g/mol. The van der Waals surface area contributed by atoms with E-state index in [0.29, 0.717) is 17.0 Å². The van der Waals surface area contributed by atoms with Crippen molar-refractivity contribution in [3.8, 4) is 0 Å². The zero-order valence-corrected chi connectivity index (χ0v) is 11.7. The SMILES string of the molecule is CC(O)CC(C)NC(=O)c1sc2ncccc2c1N. The Bertz CT molecular complexity index is 595. The molecule has 0 saturated heterocycles. The van der Waals surface area contributed by atoms with E-state index in [-0.39, 0.29) is 11.9 Å². The molecule has 2 unspecified atom stereocenters. The summed E-state index contributed by atoms with van der Waals surface area (Å²) in [4.78, 5) is 17.6. The van der Waals surface area contributed by atoms with E-state index in [0.717, 1.165) is 10.2 Å². The number of thiophene rings is 1. The number of nitrogen functional groups attached to an aromatic ring is 1. The average molecular weight is 279 g/mol. The molecule has 0 saturated carbocycles. The van der Waals surface area contributed by atoms with Gasteiger partial charge in [0.1, 0.15) is 9.71 Å². The molecule has 1 amide bonds. The van der Waals surface area contributed by atoms with E-state index < -0.39 is 6.10 Å². The summed E-state index contributed by atoms with van der Waals surface area (Å²) in [6, 6.07) is 3.54. The molecule has 2 aromatic heterocycles. The molecule has 0 aliphatic rings. The highest BCUT2D eigenvalue weighted by molar-refractivity contribution is 7.21. The monoisotopic (exact) mass is 279 g/mol. The number of fused-ring (bicyclic) bond motifs is 1. The second-order valence-corrected chi connectivity index (χ2v) is 5.66. The molecule has 102 valence electrons. The fourth-order valence-corrected chi connectivity index (χ4v) is 2.95. The Morgan fingerprint density at radius 1 is 1.58 bits per heavy atom. The Kier molecular flexibility index (Phi) is 4.01. The van der Waals surface area contributed by atoms with Crippen molar-refractivity contribution in [2.45, 2.75) is 32.4 Å². The molecule has 0 spiro atoms. The molecule has 0 aromatic carbocycles. The fraction of sp³-hybridized carbons (Fsp3) is 0.385. The van der Waals surface area contributed by atoms with Crippen molar-refractivity contribution in [3.63, 3.8) is 0 Å². The van der Waals surface area contributed by atoms with Gasteiger partial charge >= 0.3 is 0 Å². The summed E-state index contributed by atoms with van der Waals surface area (Å²) in [5.41, 5.74) is 6.44. The van der Waals surface area contributed by atoms with Crippen molar-refractivity contribution in [1.82, 2.24) is 10.3 Å². The standard InChI is InChI=1S/C13H17N3O2S/c1-7(6-8(2)17)16-12(18)11-10(14)9-4-3-5-15-13(9)19-11/h3-5,7-8,17H,6,14H2,1-2H3,(H,16,18). The third-order valence-corrected chi connectivity index (χ3v) is 3.91. The van der Waals surface area contributed by atoms with Crippen LogP contribution in [0.1, 0.15) is 29.9 Å². The minimum Gasteiger partial charge on any atom is -0.397 e. The van der Waals surface area contributed by atoms with E-state index in [1.807, 2.05) is 13.0 Å². The largest absolute Gasteiger partial charge is 0.397 e. The Hall–Kier alpha value is -1.66. The van der Waals surface area contributed by atoms with Crippen molar-refractivity contribution in [3.05, 3.63) is 23.2 Å². The van der Waals surface area contributed by atoms with Crippen molar-refractivity contribution in [2.75, 3.05) is 5.73 Å². The van der Waals surface area contributed by atoms with Crippen LogP contribution < -0.4 is 11.1 Å². The van der Waals surface area contributed by atoms with E-state index in [4.69, 9.17) is 5.73 Å². The number of carbonyl (C=O) groups is 1. The number of amides is 1. The van der Waals surface area contributed by atoms with Gasteiger partial charge in [-0.2, -0.15) is 0 Å². The lowest BCUT2D eigenvalue weighted by atomic mass is 10.1. The van der Waals surface area contributed by atoms with Gasteiger partial charge in [-0.3, -0.25) is 4.79 Å². The van der Waals surface area contributed by atoms with Crippen LogP contribution in [0.5, 0.6) is 0 Å². The topological polar surface area (TPSA) is 88.2 Å². The summed E-state index contributed by atoms with van der Waals surface area (Å²) in [7, 11) is 0. The third-order valence-electron chi connectivity index (χ3n) is 2.78. The Balaban J connectivity index is 2.20. The quantitative estimate of drug-likeness (QED) is 0.796. The molecule has 19 heavy (non-hydrogen) atoms. The summed E-state index contributed by atoms with van der Waals surface area (Å²) >= 11 is 1.28. The van der Waals surface area contributed by atoms with E-state index in [1.54, 1.807) is 19.2 Å². The number of nitrogens with zero attached hydrogens (tertiary/aromatic N) is 1. The van der Waals surface area contributed by atoms with Gasteiger partial charge in [0, 0.05) is 17.6 Å². The summed E-state index contributed by atoms with van der Waals surface area (Å²) < 4.78 is 0. The number of aliphatic hydroxyl groups is 1. The molecule has 0 bridgehead atoms. The maximum atomic E-state index is 12.1. The van der Waals surface area contributed by atoms with Gasteiger partial charge in [0.05, 0.1) is 11.8 Å². The summed E-state index contributed by atoms with van der Waals surface area (Å²) in [6.45, 7) is 3.55. The number of rotatable bonds is 4. The second kappa shape index (κ2) is 5.54. The predicted molar refractivity (Wildman–Crippen MR) is 77.3 cm³/mol. The first-order chi connectivity index (χ1) is 8.99. The minimum atomic E-state index is -0.447. The molecule has 6 heteroatoms. The van der Waals surface area contributed by atoms with Crippen LogP contribution in [0.15, 0.2) is 18.3 Å². The Labute approximate surface area is 115 Å². The average Bonchev–Trinajstić information content (AvgIpc) is 2.66. The van der Waals surface area contributed by atoms with Gasteiger partial charge < -0.3 is 16.2 Å². The molecule has 0 aliphatic heterocycles. The van der Waals surface area contributed by atoms with Gasteiger partial charge in [0.25, 0.3) is 5.91 Å². The van der Waals surface area contributed by atoms with Gasteiger partial charge in [-0.25, -0.2) is 4.98 Å². The van der Waals surface area contributed by atoms with Gasteiger partial charge in [-0.05, 0) is 32.4 Å². The van der Waals surface area contributed by atoms with Crippen LogP contribution in [-0.2, 0) is 0 Å². The Morgan fingerprint density at radius 2 is 2.32 bits per heavy atom. The maximum Gasteiger partial charge on any atom is 0.263 e. The number of aliphatic hydroxyl groups excluding tert-OH is 1. The van der Waals surface area contributed by atoms with E-state index in [2.05, 4.69) is 10.3 Å². The van der Waals surface area contributed by atoms with E-state index in [9.17, 15) is 9.90 Å². The molecule has 2 aromatic rings. The number of nitrogens with two attached hydrogens (primary N) is 1. The van der Waals surface area contributed by atoms with Crippen LogP contribution in [0.4, 0.5) is 5.69 Å². The third kappa shape index (κ3) is 3.02. The van der Waals surface area contributed by atoms with Gasteiger partial charge in [-0.1, -0.05) is 0 Å². The zero-order valence-electron chi connectivity index (χ0n) is 10.9. The molecule has 0 radical (unpaired) electrons. The molecule has 2 atom stereocenters. The minimum absolute atomic E-state index is 0.106. The molecule has 2 rings (SSSR count). The van der Waals surface area contributed by atoms with Crippen LogP contribution in [-0.4, -0.2) is 28.1 Å². The first-order valence-electron chi connectivity index (χ1n) is 6.11. The number of hydrogen-bond donors (Lipinski definition) is 3. The molecular formula is C13H17N3O2S. The highest BCUT2D eigenvalue weighted by atomic mass is 32.1. The number of pyridine rings is 1. The van der Waals surface area contributed by atoms with Crippen LogP contribution in [0.3, 0.4) is 0 Å². The highest BCUT2D eigenvalue weighted by Gasteiger charge is 2.18. The first kappa shape index (κ1) is 13.8. The van der Waals surface area contributed by atoms with Gasteiger partial charge in [-0.15, -0.1) is 11.3 Å². The normalized spacial score (nSPS) is 14.3. The zero-order chi connectivity index (χ0) is 14.0. The van der Waals surface area contributed by atoms with Crippen LogP contribution >= 0.6 is 11.3 Å². The Morgan fingerprint density at radius 3 is 2.95 bits per heavy atom. The van der Waals surface area contributed by atoms with E-state index in [1.165, 1.54) is 11.3 Å². The fourth-order valence-electron chi connectivity index (χ4n) is 1.98. The van der Waals surface area contributed by atoms with Gasteiger partial charge in [0.2, 0.25) is 0 Å². The summed E-state index contributed by atoms with van der Waals surface area (Å²) in [6.07, 6.45) is 1.74. The second-order valence-electron chi connectivity index (χ2n) is 4.66. The van der Waals surface area contributed by atoms with Crippen LogP contribution in [0.25, 0.3) is 10.2 Å².